The molecular formula is C20H20FN3O3S. The van der Waals surface area contributed by atoms with Crippen LogP contribution in [0, 0.1) is 5.82 Å². The van der Waals surface area contributed by atoms with Crippen LogP contribution in [0.3, 0.4) is 0 Å². The van der Waals surface area contributed by atoms with Crippen molar-refractivity contribution in [2.75, 3.05) is 19.0 Å². The van der Waals surface area contributed by atoms with Crippen molar-refractivity contribution in [2.45, 2.75) is 18.6 Å². The number of hydrogen-bond donors (Lipinski definition) is 1. The van der Waals surface area contributed by atoms with Crippen LogP contribution in [0.4, 0.5) is 15.8 Å². The number of halogens is 1. The monoisotopic (exact) mass is 401 g/mol. The second kappa shape index (κ2) is 8.88. The van der Waals surface area contributed by atoms with Crippen LogP contribution in [0.15, 0.2) is 53.5 Å². The van der Waals surface area contributed by atoms with Crippen molar-refractivity contribution >= 4 is 40.1 Å². The van der Waals surface area contributed by atoms with Gasteiger partial charge in [0.05, 0.1) is 12.3 Å². The molecule has 0 saturated carbocycles. The van der Waals surface area contributed by atoms with E-state index in [0.29, 0.717) is 23.1 Å². The van der Waals surface area contributed by atoms with Gasteiger partial charge in [-0.25, -0.2) is 9.38 Å². The molecule has 2 aromatic rings. The summed E-state index contributed by atoms with van der Waals surface area (Å²) in [6.07, 6.45) is 0.0660. The number of carbonyl (C=O) groups is 2. The fourth-order valence-electron chi connectivity index (χ4n) is 2.55. The number of benzene rings is 2. The maximum absolute atomic E-state index is 13.0. The summed E-state index contributed by atoms with van der Waals surface area (Å²) in [4.78, 5) is 30.8. The van der Waals surface area contributed by atoms with E-state index in [1.54, 1.807) is 31.3 Å². The lowest BCUT2D eigenvalue weighted by Gasteiger charge is -2.28. The highest BCUT2D eigenvalue weighted by atomic mass is 32.2. The van der Waals surface area contributed by atoms with Crippen molar-refractivity contribution in [3.63, 3.8) is 0 Å². The molecule has 1 heterocycles. The summed E-state index contributed by atoms with van der Waals surface area (Å²) in [6.45, 7) is 2.48. The van der Waals surface area contributed by atoms with Crippen molar-refractivity contribution in [1.82, 2.24) is 4.90 Å². The fraction of sp³-hybridized carbons (Fsp3) is 0.250. The predicted octanol–water partition coefficient (Wildman–Crippen LogP) is 3.81. The molecule has 0 aliphatic carbocycles. The average molecular weight is 401 g/mol. The van der Waals surface area contributed by atoms with E-state index in [1.807, 2.05) is 6.92 Å². The lowest BCUT2D eigenvalue weighted by atomic mass is 10.2. The van der Waals surface area contributed by atoms with Gasteiger partial charge in [-0.2, -0.15) is 0 Å². The summed E-state index contributed by atoms with van der Waals surface area (Å²) in [5.74, 6) is -0.157. The highest BCUT2D eigenvalue weighted by Gasteiger charge is 2.34. The second-order valence-corrected chi connectivity index (χ2v) is 7.25. The van der Waals surface area contributed by atoms with Gasteiger partial charge in [0, 0.05) is 19.2 Å². The van der Waals surface area contributed by atoms with Gasteiger partial charge in [0.25, 0.3) is 0 Å². The zero-order valence-electron chi connectivity index (χ0n) is 15.5. The normalized spacial score (nSPS) is 18.2. The van der Waals surface area contributed by atoms with E-state index in [1.165, 1.54) is 40.9 Å². The Balaban J connectivity index is 1.73. The Morgan fingerprint density at radius 2 is 1.93 bits per heavy atom. The largest absolute Gasteiger partial charge is 0.494 e. The molecule has 28 heavy (non-hydrogen) atoms. The van der Waals surface area contributed by atoms with E-state index < -0.39 is 5.25 Å². The van der Waals surface area contributed by atoms with Gasteiger partial charge in [-0.1, -0.05) is 11.8 Å². The van der Waals surface area contributed by atoms with Crippen LogP contribution in [0.1, 0.15) is 13.3 Å². The molecule has 0 aromatic heterocycles. The number of carbonyl (C=O) groups excluding carboxylic acids is 2. The minimum atomic E-state index is -0.616. The molecule has 0 spiro atoms. The van der Waals surface area contributed by atoms with E-state index in [4.69, 9.17) is 4.74 Å². The number of rotatable bonds is 5. The fourth-order valence-corrected chi connectivity index (χ4v) is 3.61. The van der Waals surface area contributed by atoms with E-state index in [2.05, 4.69) is 10.3 Å². The van der Waals surface area contributed by atoms with Gasteiger partial charge >= 0.3 is 0 Å². The molecular weight excluding hydrogens is 381 g/mol. The molecule has 1 atom stereocenters. The van der Waals surface area contributed by atoms with Crippen molar-refractivity contribution in [3.05, 3.63) is 54.3 Å². The highest BCUT2D eigenvalue weighted by molar-refractivity contribution is 8.15. The van der Waals surface area contributed by atoms with Crippen LogP contribution in [-0.2, 0) is 9.59 Å². The molecule has 1 aliphatic heterocycles. The minimum Gasteiger partial charge on any atom is -0.494 e. The smallest absolute Gasteiger partial charge is 0.238 e. The van der Waals surface area contributed by atoms with Crippen LogP contribution >= 0.6 is 11.8 Å². The van der Waals surface area contributed by atoms with Crippen LogP contribution in [-0.4, -0.2) is 40.8 Å². The Morgan fingerprint density at radius 1 is 1.25 bits per heavy atom. The predicted molar refractivity (Wildman–Crippen MR) is 109 cm³/mol. The Morgan fingerprint density at radius 3 is 2.57 bits per heavy atom. The van der Waals surface area contributed by atoms with Crippen molar-refractivity contribution in [2.24, 2.45) is 4.99 Å². The van der Waals surface area contributed by atoms with Crippen LogP contribution < -0.4 is 10.1 Å². The highest BCUT2D eigenvalue weighted by Crippen LogP contribution is 2.29. The molecule has 146 valence electrons. The van der Waals surface area contributed by atoms with Gasteiger partial charge in [-0.15, -0.1) is 0 Å². The summed E-state index contributed by atoms with van der Waals surface area (Å²) in [7, 11) is 1.64. The van der Waals surface area contributed by atoms with Gasteiger partial charge in [-0.05, 0) is 55.5 Å². The van der Waals surface area contributed by atoms with Crippen molar-refractivity contribution in [3.8, 4) is 5.75 Å². The number of hydrogen-bond acceptors (Lipinski definition) is 5. The number of nitrogens with zero attached hydrogens (tertiary/aromatic N) is 2. The van der Waals surface area contributed by atoms with Gasteiger partial charge < -0.3 is 10.1 Å². The van der Waals surface area contributed by atoms with Crippen LogP contribution in [0.2, 0.25) is 0 Å². The third-order valence-corrected chi connectivity index (χ3v) is 5.29. The topological polar surface area (TPSA) is 71.0 Å². The van der Waals surface area contributed by atoms with E-state index in [0.717, 1.165) is 5.75 Å². The number of amidine groups is 1. The Kier molecular flexibility index (Phi) is 6.30. The van der Waals surface area contributed by atoms with Gasteiger partial charge in [0.15, 0.2) is 5.17 Å². The average Bonchev–Trinajstić information content (AvgIpc) is 2.68. The van der Waals surface area contributed by atoms with E-state index >= 15 is 0 Å². The number of anilines is 1. The van der Waals surface area contributed by atoms with Gasteiger partial charge in [0.1, 0.15) is 16.8 Å². The van der Waals surface area contributed by atoms with Gasteiger partial charge in [0.2, 0.25) is 11.8 Å². The number of nitrogens with one attached hydrogen (secondary N) is 1. The summed E-state index contributed by atoms with van der Waals surface area (Å²) in [5.41, 5.74) is 1.13. The summed E-state index contributed by atoms with van der Waals surface area (Å²) in [6, 6.07) is 12.7. The van der Waals surface area contributed by atoms with Gasteiger partial charge in [-0.3, -0.25) is 14.5 Å². The standard InChI is InChI=1S/C20H20FN3O3S/c1-3-27-16-10-8-15(9-11-16)23-20-24(2)18(25)12-17(28-20)19(26)22-14-6-4-13(21)5-7-14/h4-11,17H,3,12H2,1-2H3,(H,22,26)/t17-/m0/s1. The summed E-state index contributed by atoms with van der Waals surface area (Å²) < 4.78 is 18.4. The molecule has 8 heteroatoms. The first kappa shape index (κ1) is 19.9. The maximum Gasteiger partial charge on any atom is 0.238 e. The van der Waals surface area contributed by atoms with Crippen molar-refractivity contribution < 1.29 is 18.7 Å². The SMILES string of the molecule is CCOc1ccc(N=C2S[C@H](C(=O)Nc3ccc(F)cc3)CC(=O)N2C)cc1. The molecule has 1 aliphatic rings. The zero-order chi connectivity index (χ0) is 20.1. The maximum atomic E-state index is 13.0. The van der Waals surface area contributed by atoms with Crippen LogP contribution in [0.5, 0.6) is 5.75 Å². The molecule has 0 unspecified atom stereocenters. The molecule has 1 N–H and O–H groups in total. The lowest BCUT2D eigenvalue weighted by molar-refractivity contribution is -0.128. The first-order valence-corrected chi connectivity index (χ1v) is 9.65. The second-order valence-electron chi connectivity index (χ2n) is 6.08. The molecule has 1 fully saturated rings. The molecule has 0 radical (unpaired) electrons. The Bertz CT molecular complexity index is 885. The van der Waals surface area contributed by atoms with E-state index in [-0.39, 0.29) is 24.1 Å². The van der Waals surface area contributed by atoms with Crippen molar-refractivity contribution in [1.29, 1.82) is 0 Å². The minimum absolute atomic E-state index is 0.0660. The lowest BCUT2D eigenvalue weighted by Crippen LogP contribution is -2.43. The molecule has 6 nitrogen and oxygen atoms in total. The number of aliphatic imine (C=N–C) groups is 1. The first-order valence-electron chi connectivity index (χ1n) is 8.77. The van der Waals surface area contributed by atoms with E-state index in [9.17, 15) is 14.0 Å². The third-order valence-electron chi connectivity index (χ3n) is 4.05. The molecule has 2 amide bonds. The first-order chi connectivity index (χ1) is 13.5. The summed E-state index contributed by atoms with van der Waals surface area (Å²) >= 11 is 1.22. The number of thioether (sulfide) groups is 1. The molecule has 3 rings (SSSR count). The molecule has 2 aromatic carbocycles. The zero-order valence-corrected chi connectivity index (χ0v) is 16.3. The molecule has 1 saturated heterocycles. The molecule has 0 bridgehead atoms. The third kappa shape index (κ3) is 4.89. The quantitative estimate of drug-likeness (QED) is 0.827. The van der Waals surface area contributed by atoms with Crippen LogP contribution in [0.25, 0.3) is 0 Å². The Labute approximate surface area is 166 Å². The Hall–Kier alpha value is -2.87. The number of amides is 2. The summed E-state index contributed by atoms with van der Waals surface area (Å²) in [5, 5.41) is 2.54. The number of ether oxygens (including phenoxy) is 1.